The van der Waals surface area contributed by atoms with Crippen LogP contribution < -0.4 is 9.64 Å². The number of aromatic nitrogens is 2. The zero-order chi connectivity index (χ0) is 18.9. The number of benzene rings is 1. The van der Waals surface area contributed by atoms with Crippen LogP contribution in [0.25, 0.3) is 0 Å². The topological polar surface area (TPSA) is 63.1 Å². The van der Waals surface area contributed by atoms with Gasteiger partial charge in [0.1, 0.15) is 19.0 Å². The highest BCUT2D eigenvalue weighted by Gasteiger charge is 2.18. The molecule has 0 unspecified atom stereocenters. The molecule has 8 heteroatoms. The van der Waals surface area contributed by atoms with E-state index in [1.165, 1.54) is 0 Å². The summed E-state index contributed by atoms with van der Waals surface area (Å²) in [7, 11) is 0. The standard InChI is InChI=1S/C19H24ClN5O2/c1-2-27-21-15-16-3-5-17(6-4-16)26-14-13-24-9-11-25(12-10-24)19-8-7-18(20)22-23-19/h3-8,15H,2,9-14H2,1H3. The lowest BCUT2D eigenvalue weighted by molar-refractivity contribution is 0.160. The minimum Gasteiger partial charge on any atom is -0.492 e. The Morgan fingerprint density at radius 2 is 1.85 bits per heavy atom. The quantitative estimate of drug-likeness (QED) is 0.511. The summed E-state index contributed by atoms with van der Waals surface area (Å²) >= 11 is 5.79. The molecule has 0 bridgehead atoms. The van der Waals surface area contributed by atoms with Crippen molar-refractivity contribution in [3.05, 3.63) is 47.1 Å². The first kappa shape index (κ1) is 19.4. The minimum absolute atomic E-state index is 0.421. The van der Waals surface area contributed by atoms with Gasteiger partial charge < -0.3 is 14.5 Å². The molecule has 0 atom stereocenters. The molecule has 7 nitrogen and oxygen atoms in total. The van der Waals surface area contributed by atoms with Crippen LogP contribution in [0.2, 0.25) is 5.15 Å². The molecule has 1 aliphatic heterocycles. The molecule has 3 rings (SSSR count). The van der Waals surface area contributed by atoms with Crippen molar-refractivity contribution in [3.63, 3.8) is 0 Å². The van der Waals surface area contributed by atoms with Gasteiger partial charge in [0, 0.05) is 32.7 Å². The van der Waals surface area contributed by atoms with Crippen molar-refractivity contribution in [3.8, 4) is 5.75 Å². The molecule has 0 N–H and O–H groups in total. The van der Waals surface area contributed by atoms with Crippen molar-refractivity contribution in [1.82, 2.24) is 15.1 Å². The van der Waals surface area contributed by atoms with E-state index in [0.29, 0.717) is 18.4 Å². The van der Waals surface area contributed by atoms with Gasteiger partial charge in [0.05, 0.1) is 6.21 Å². The molecule has 1 aliphatic rings. The van der Waals surface area contributed by atoms with Crippen molar-refractivity contribution in [2.24, 2.45) is 5.16 Å². The van der Waals surface area contributed by atoms with Gasteiger partial charge in [-0.1, -0.05) is 16.8 Å². The van der Waals surface area contributed by atoms with E-state index in [-0.39, 0.29) is 0 Å². The van der Waals surface area contributed by atoms with Gasteiger partial charge in [-0.15, -0.1) is 10.2 Å². The lowest BCUT2D eigenvalue weighted by atomic mass is 10.2. The summed E-state index contributed by atoms with van der Waals surface area (Å²) in [4.78, 5) is 9.57. The maximum absolute atomic E-state index is 5.85. The van der Waals surface area contributed by atoms with Crippen LogP contribution in [0, 0.1) is 0 Å². The Kier molecular flexibility index (Phi) is 7.24. The molecule has 0 aliphatic carbocycles. The second kappa shape index (κ2) is 10.1. The first-order valence-electron chi connectivity index (χ1n) is 9.09. The fourth-order valence-electron chi connectivity index (χ4n) is 2.79. The Hall–Kier alpha value is -2.38. The highest BCUT2D eigenvalue weighted by atomic mass is 35.5. The number of rotatable bonds is 8. The van der Waals surface area contributed by atoms with E-state index >= 15 is 0 Å². The minimum atomic E-state index is 0.421. The predicted octanol–water partition coefficient (Wildman–Crippen LogP) is 2.70. The Balaban J connectivity index is 1.37. The zero-order valence-corrected chi connectivity index (χ0v) is 16.2. The third kappa shape index (κ3) is 6.08. The summed E-state index contributed by atoms with van der Waals surface area (Å²) in [6, 6.07) is 11.5. The lowest BCUT2D eigenvalue weighted by Crippen LogP contribution is -2.47. The fraction of sp³-hybridized carbons (Fsp3) is 0.421. The van der Waals surface area contributed by atoms with E-state index in [2.05, 4.69) is 25.2 Å². The number of anilines is 1. The zero-order valence-electron chi connectivity index (χ0n) is 15.4. The van der Waals surface area contributed by atoms with Crippen LogP contribution in [0.1, 0.15) is 12.5 Å². The molecule has 1 saturated heterocycles. The molecule has 1 fully saturated rings. The molecule has 0 saturated carbocycles. The molecular weight excluding hydrogens is 366 g/mol. The first-order valence-corrected chi connectivity index (χ1v) is 9.47. The summed E-state index contributed by atoms with van der Waals surface area (Å²) in [6.07, 6.45) is 1.69. The fourth-order valence-corrected chi connectivity index (χ4v) is 2.89. The summed E-state index contributed by atoms with van der Waals surface area (Å²) in [5.41, 5.74) is 0.984. The Morgan fingerprint density at radius 1 is 1.07 bits per heavy atom. The van der Waals surface area contributed by atoms with Crippen molar-refractivity contribution in [2.75, 3.05) is 50.8 Å². The highest BCUT2D eigenvalue weighted by Crippen LogP contribution is 2.15. The molecule has 2 aromatic rings. The van der Waals surface area contributed by atoms with Crippen molar-refractivity contribution >= 4 is 23.6 Å². The van der Waals surface area contributed by atoms with Crippen molar-refractivity contribution < 1.29 is 9.57 Å². The smallest absolute Gasteiger partial charge is 0.151 e. The maximum atomic E-state index is 5.85. The SMILES string of the molecule is CCON=Cc1ccc(OCCN2CCN(c3ccc(Cl)nn3)CC2)cc1. The summed E-state index contributed by atoms with van der Waals surface area (Å²) in [5.74, 6) is 1.74. The van der Waals surface area contributed by atoms with Gasteiger partial charge in [-0.25, -0.2) is 0 Å². The average molecular weight is 390 g/mol. The highest BCUT2D eigenvalue weighted by molar-refractivity contribution is 6.29. The monoisotopic (exact) mass is 389 g/mol. The van der Waals surface area contributed by atoms with Crippen LogP contribution in [0.15, 0.2) is 41.6 Å². The van der Waals surface area contributed by atoms with Crippen molar-refractivity contribution in [1.29, 1.82) is 0 Å². The van der Waals surface area contributed by atoms with E-state index in [1.54, 1.807) is 12.3 Å². The first-order chi connectivity index (χ1) is 13.2. The van der Waals surface area contributed by atoms with Crippen molar-refractivity contribution in [2.45, 2.75) is 6.92 Å². The Labute approximate surface area is 164 Å². The molecule has 0 amide bonds. The number of ether oxygens (including phenoxy) is 1. The van der Waals surface area contributed by atoms with E-state index in [0.717, 1.165) is 49.9 Å². The predicted molar refractivity (Wildman–Crippen MR) is 107 cm³/mol. The lowest BCUT2D eigenvalue weighted by Gasteiger charge is -2.35. The number of piperazine rings is 1. The van der Waals surface area contributed by atoms with E-state index in [1.807, 2.05) is 37.3 Å². The van der Waals surface area contributed by atoms with Gasteiger partial charge in [0.15, 0.2) is 11.0 Å². The van der Waals surface area contributed by atoms with Gasteiger partial charge in [0.25, 0.3) is 0 Å². The normalized spacial score (nSPS) is 15.3. The third-order valence-electron chi connectivity index (χ3n) is 4.28. The molecule has 27 heavy (non-hydrogen) atoms. The molecule has 1 aromatic carbocycles. The van der Waals surface area contributed by atoms with Gasteiger partial charge in [-0.3, -0.25) is 4.90 Å². The molecule has 1 aromatic heterocycles. The molecular formula is C19H24ClN5O2. The summed E-state index contributed by atoms with van der Waals surface area (Å²) in [5, 5.41) is 12.3. The van der Waals surface area contributed by atoms with Crippen LogP contribution in [0.4, 0.5) is 5.82 Å². The maximum Gasteiger partial charge on any atom is 0.151 e. The largest absolute Gasteiger partial charge is 0.492 e. The molecule has 144 valence electrons. The summed E-state index contributed by atoms with van der Waals surface area (Å²) < 4.78 is 5.85. The van der Waals surface area contributed by atoms with Crippen LogP contribution in [0.3, 0.4) is 0 Å². The summed E-state index contributed by atoms with van der Waals surface area (Å²) in [6.45, 7) is 7.81. The number of oxime groups is 1. The molecule has 0 radical (unpaired) electrons. The third-order valence-corrected chi connectivity index (χ3v) is 4.48. The Bertz CT molecular complexity index is 716. The number of hydrogen-bond acceptors (Lipinski definition) is 7. The molecule has 0 spiro atoms. The van der Waals surface area contributed by atoms with E-state index < -0.39 is 0 Å². The van der Waals surface area contributed by atoms with Gasteiger partial charge >= 0.3 is 0 Å². The average Bonchev–Trinajstić information content (AvgIpc) is 2.71. The number of hydrogen-bond donors (Lipinski definition) is 0. The van der Waals surface area contributed by atoms with E-state index in [9.17, 15) is 0 Å². The van der Waals surface area contributed by atoms with Crippen LogP contribution in [-0.2, 0) is 4.84 Å². The van der Waals surface area contributed by atoms with Gasteiger partial charge in [-0.05, 0) is 48.9 Å². The van der Waals surface area contributed by atoms with Crippen LogP contribution in [0.5, 0.6) is 5.75 Å². The number of nitrogens with zero attached hydrogens (tertiary/aromatic N) is 5. The number of halogens is 1. The second-order valence-electron chi connectivity index (χ2n) is 6.11. The van der Waals surface area contributed by atoms with Crippen LogP contribution in [-0.4, -0.2) is 67.2 Å². The molecule has 2 heterocycles. The van der Waals surface area contributed by atoms with Crippen LogP contribution >= 0.6 is 11.6 Å². The van der Waals surface area contributed by atoms with Gasteiger partial charge in [-0.2, -0.15) is 0 Å². The second-order valence-corrected chi connectivity index (χ2v) is 6.50. The Morgan fingerprint density at radius 3 is 2.52 bits per heavy atom. The van der Waals surface area contributed by atoms with E-state index in [4.69, 9.17) is 21.2 Å². The van der Waals surface area contributed by atoms with Gasteiger partial charge in [0.2, 0.25) is 0 Å².